The van der Waals surface area contributed by atoms with Crippen LogP contribution in [0.25, 0.3) is 0 Å². The molecule has 20 heavy (non-hydrogen) atoms. The van der Waals surface area contributed by atoms with Gasteiger partial charge in [0.05, 0.1) is 4.99 Å². The number of carbonyl (C=O) groups is 1. The summed E-state index contributed by atoms with van der Waals surface area (Å²) < 4.78 is 0. The Bertz CT molecular complexity index is 514. The summed E-state index contributed by atoms with van der Waals surface area (Å²) in [6, 6.07) is 7.79. The van der Waals surface area contributed by atoms with Gasteiger partial charge in [0.2, 0.25) is 5.91 Å². The van der Waals surface area contributed by atoms with Gasteiger partial charge in [-0.15, -0.1) is 0 Å². The summed E-state index contributed by atoms with van der Waals surface area (Å²) in [5.74, 6) is 1.76. The number of hydrogen-bond acceptors (Lipinski definition) is 2. The summed E-state index contributed by atoms with van der Waals surface area (Å²) in [5.41, 5.74) is 7.47. The standard InChI is InChI=1S/C16H20N2OS/c17-14(20)9-10-5-7-11(8-6-10)18-16(19)15-12-3-1-2-4-13(12)15/h5-8,12-13,15H,1-4,9H2,(H2,17,20)(H,18,19). The Morgan fingerprint density at radius 3 is 2.35 bits per heavy atom. The van der Waals surface area contributed by atoms with Crippen molar-refractivity contribution in [2.45, 2.75) is 32.1 Å². The lowest BCUT2D eigenvalue weighted by Crippen LogP contribution is -2.15. The van der Waals surface area contributed by atoms with Crippen molar-refractivity contribution in [3.05, 3.63) is 29.8 Å². The summed E-state index contributed by atoms with van der Waals surface area (Å²) in [7, 11) is 0. The highest BCUT2D eigenvalue weighted by Crippen LogP contribution is 2.55. The molecule has 0 aliphatic heterocycles. The number of fused-ring (bicyclic) bond motifs is 1. The average molecular weight is 288 g/mol. The number of rotatable bonds is 4. The van der Waals surface area contributed by atoms with Crippen molar-refractivity contribution in [2.24, 2.45) is 23.5 Å². The van der Waals surface area contributed by atoms with Gasteiger partial charge < -0.3 is 11.1 Å². The smallest absolute Gasteiger partial charge is 0.228 e. The van der Waals surface area contributed by atoms with E-state index in [1.807, 2.05) is 24.3 Å². The molecule has 2 unspecified atom stereocenters. The molecule has 3 nitrogen and oxygen atoms in total. The number of hydrogen-bond donors (Lipinski definition) is 2. The summed E-state index contributed by atoms with van der Waals surface area (Å²) in [6.45, 7) is 0. The Balaban J connectivity index is 1.58. The van der Waals surface area contributed by atoms with Crippen molar-refractivity contribution < 1.29 is 4.79 Å². The number of carbonyl (C=O) groups excluding carboxylic acids is 1. The van der Waals surface area contributed by atoms with Crippen LogP contribution in [0.1, 0.15) is 31.2 Å². The lowest BCUT2D eigenvalue weighted by atomic mass is 10.0. The number of nitrogens with one attached hydrogen (secondary N) is 1. The largest absolute Gasteiger partial charge is 0.393 e. The summed E-state index contributed by atoms with van der Waals surface area (Å²) >= 11 is 4.89. The molecule has 2 atom stereocenters. The van der Waals surface area contributed by atoms with E-state index in [1.165, 1.54) is 25.7 Å². The number of anilines is 1. The van der Waals surface area contributed by atoms with Gasteiger partial charge >= 0.3 is 0 Å². The average Bonchev–Trinajstić information content (AvgIpc) is 3.15. The van der Waals surface area contributed by atoms with Crippen LogP contribution in [0, 0.1) is 17.8 Å². The molecule has 2 fully saturated rings. The molecule has 4 heteroatoms. The van der Waals surface area contributed by atoms with Gasteiger partial charge in [-0.2, -0.15) is 0 Å². The van der Waals surface area contributed by atoms with Crippen LogP contribution in [0.4, 0.5) is 5.69 Å². The van der Waals surface area contributed by atoms with Crippen molar-refractivity contribution in [1.82, 2.24) is 0 Å². The molecule has 2 saturated carbocycles. The topological polar surface area (TPSA) is 55.1 Å². The van der Waals surface area contributed by atoms with E-state index in [4.69, 9.17) is 18.0 Å². The molecule has 0 heterocycles. The highest BCUT2D eigenvalue weighted by molar-refractivity contribution is 7.80. The van der Waals surface area contributed by atoms with E-state index >= 15 is 0 Å². The number of thiocarbonyl (C=S) groups is 1. The van der Waals surface area contributed by atoms with E-state index in [0.29, 0.717) is 23.2 Å². The molecule has 0 spiro atoms. The monoisotopic (exact) mass is 288 g/mol. The summed E-state index contributed by atoms with van der Waals surface area (Å²) in [4.78, 5) is 12.7. The Morgan fingerprint density at radius 2 is 1.80 bits per heavy atom. The maximum absolute atomic E-state index is 12.3. The van der Waals surface area contributed by atoms with E-state index in [1.54, 1.807) is 0 Å². The van der Waals surface area contributed by atoms with E-state index < -0.39 is 0 Å². The molecular formula is C16H20N2OS. The van der Waals surface area contributed by atoms with Gasteiger partial charge in [0.1, 0.15) is 0 Å². The van der Waals surface area contributed by atoms with Gasteiger partial charge in [-0.25, -0.2) is 0 Å². The first kappa shape index (κ1) is 13.6. The zero-order valence-corrected chi connectivity index (χ0v) is 12.3. The van der Waals surface area contributed by atoms with Crippen LogP contribution in [0.3, 0.4) is 0 Å². The van der Waals surface area contributed by atoms with E-state index in [-0.39, 0.29) is 11.8 Å². The molecule has 1 aromatic carbocycles. The molecule has 1 amide bonds. The fraction of sp³-hybridized carbons (Fsp3) is 0.500. The zero-order valence-electron chi connectivity index (χ0n) is 11.5. The Morgan fingerprint density at radius 1 is 1.20 bits per heavy atom. The van der Waals surface area contributed by atoms with Crippen LogP contribution < -0.4 is 11.1 Å². The minimum Gasteiger partial charge on any atom is -0.393 e. The summed E-state index contributed by atoms with van der Waals surface area (Å²) in [5, 5.41) is 3.04. The predicted octanol–water partition coefficient (Wildman–Crippen LogP) is 2.89. The fourth-order valence-electron chi connectivity index (χ4n) is 3.51. The maximum Gasteiger partial charge on any atom is 0.228 e. The molecule has 1 aromatic rings. The maximum atomic E-state index is 12.3. The molecule has 106 valence electrons. The third kappa shape index (κ3) is 2.85. The Hall–Kier alpha value is -1.42. The van der Waals surface area contributed by atoms with Crippen molar-refractivity contribution in [1.29, 1.82) is 0 Å². The Kier molecular flexibility index (Phi) is 3.74. The zero-order chi connectivity index (χ0) is 14.1. The third-order valence-corrected chi connectivity index (χ3v) is 4.70. The summed E-state index contributed by atoms with van der Waals surface area (Å²) in [6.07, 6.45) is 5.65. The van der Waals surface area contributed by atoms with Crippen LogP contribution in [0.5, 0.6) is 0 Å². The molecule has 2 aliphatic carbocycles. The highest BCUT2D eigenvalue weighted by Gasteiger charge is 2.54. The van der Waals surface area contributed by atoms with Gasteiger partial charge in [-0.05, 0) is 42.4 Å². The van der Waals surface area contributed by atoms with Crippen LogP contribution in [-0.2, 0) is 11.2 Å². The van der Waals surface area contributed by atoms with Gasteiger partial charge in [0.25, 0.3) is 0 Å². The minimum atomic E-state index is 0.198. The van der Waals surface area contributed by atoms with Crippen molar-refractivity contribution in [3.63, 3.8) is 0 Å². The molecule has 3 N–H and O–H groups in total. The molecule has 2 aliphatic rings. The Labute approximate surface area is 124 Å². The van der Waals surface area contributed by atoms with Crippen molar-refractivity contribution in [2.75, 3.05) is 5.32 Å². The van der Waals surface area contributed by atoms with Gasteiger partial charge in [-0.1, -0.05) is 37.2 Å². The van der Waals surface area contributed by atoms with E-state index in [9.17, 15) is 4.79 Å². The second kappa shape index (κ2) is 5.52. The van der Waals surface area contributed by atoms with Gasteiger partial charge in [0.15, 0.2) is 0 Å². The second-order valence-electron chi connectivity index (χ2n) is 5.97. The van der Waals surface area contributed by atoms with Gasteiger partial charge in [0, 0.05) is 18.0 Å². The number of amides is 1. The molecule has 0 bridgehead atoms. The number of benzene rings is 1. The highest BCUT2D eigenvalue weighted by atomic mass is 32.1. The SMILES string of the molecule is NC(=S)Cc1ccc(NC(=O)C2C3CCCCC32)cc1. The first-order valence-corrected chi connectivity index (χ1v) is 7.74. The lowest BCUT2D eigenvalue weighted by molar-refractivity contribution is -0.117. The first-order chi connectivity index (χ1) is 9.65. The van der Waals surface area contributed by atoms with Crippen LogP contribution in [0.15, 0.2) is 24.3 Å². The molecule has 0 radical (unpaired) electrons. The van der Waals surface area contributed by atoms with E-state index in [0.717, 1.165) is 11.3 Å². The third-order valence-electron chi connectivity index (χ3n) is 4.56. The van der Waals surface area contributed by atoms with Crippen molar-refractivity contribution in [3.8, 4) is 0 Å². The molecule has 0 saturated heterocycles. The van der Waals surface area contributed by atoms with Crippen LogP contribution >= 0.6 is 12.2 Å². The first-order valence-electron chi connectivity index (χ1n) is 7.33. The fourth-order valence-corrected chi connectivity index (χ4v) is 3.68. The second-order valence-corrected chi connectivity index (χ2v) is 6.49. The van der Waals surface area contributed by atoms with Crippen molar-refractivity contribution >= 4 is 28.8 Å². The van der Waals surface area contributed by atoms with E-state index in [2.05, 4.69) is 5.32 Å². The lowest BCUT2D eigenvalue weighted by Gasteiger charge is -2.06. The van der Waals surface area contributed by atoms with Crippen LogP contribution in [0.2, 0.25) is 0 Å². The predicted molar refractivity (Wildman–Crippen MR) is 84.5 cm³/mol. The quantitative estimate of drug-likeness (QED) is 0.838. The van der Waals surface area contributed by atoms with Gasteiger partial charge in [-0.3, -0.25) is 4.79 Å². The number of nitrogens with two attached hydrogens (primary N) is 1. The normalized spacial score (nSPS) is 27.5. The molecule has 0 aromatic heterocycles. The molecule has 3 rings (SSSR count). The minimum absolute atomic E-state index is 0.198. The molecular weight excluding hydrogens is 268 g/mol. The van der Waals surface area contributed by atoms with Crippen LogP contribution in [-0.4, -0.2) is 10.9 Å².